The molecule has 0 N–H and O–H groups in total. The summed E-state index contributed by atoms with van der Waals surface area (Å²) in [6.45, 7) is 3.77. The van der Waals surface area contributed by atoms with Gasteiger partial charge in [0.05, 0.1) is 17.3 Å². The number of aliphatic imine (C=N–C) groups is 1. The summed E-state index contributed by atoms with van der Waals surface area (Å²) in [7, 11) is 0. The van der Waals surface area contributed by atoms with Crippen molar-refractivity contribution in [3.63, 3.8) is 0 Å². The van der Waals surface area contributed by atoms with Gasteiger partial charge in [-0.3, -0.25) is 4.99 Å². The minimum atomic E-state index is -0.183. The second-order valence-electron chi connectivity index (χ2n) is 4.06. The lowest BCUT2D eigenvalue weighted by atomic mass is 10.0. The third-order valence-corrected chi connectivity index (χ3v) is 3.08. The second kappa shape index (κ2) is 5.65. The standard InChI is InChI=1S/C13H13ClFN.ClH/c1-8-3-4-10(6-11(8)15)12-5-9(2)13(7-14)16-12;/h3-4,6H,5,7H2,1-2H3;1H. The maximum absolute atomic E-state index is 13.4. The van der Waals surface area contributed by atoms with Crippen LogP contribution in [-0.4, -0.2) is 11.6 Å². The number of hydrogen-bond donors (Lipinski definition) is 0. The van der Waals surface area contributed by atoms with Gasteiger partial charge in [-0.1, -0.05) is 12.1 Å². The predicted octanol–water partition coefficient (Wildman–Crippen LogP) is 4.26. The van der Waals surface area contributed by atoms with Crippen molar-refractivity contribution in [3.05, 3.63) is 46.4 Å². The minimum absolute atomic E-state index is 0. The van der Waals surface area contributed by atoms with Crippen molar-refractivity contribution < 1.29 is 4.39 Å². The van der Waals surface area contributed by atoms with Crippen molar-refractivity contribution in [3.8, 4) is 0 Å². The van der Waals surface area contributed by atoms with E-state index < -0.39 is 0 Å². The highest BCUT2D eigenvalue weighted by Gasteiger charge is 2.15. The van der Waals surface area contributed by atoms with Crippen LogP contribution < -0.4 is 0 Å². The number of aryl methyl sites for hydroxylation is 1. The Balaban J connectivity index is 0.00000144. The molecule has 1 nitrogen and oxygen atoms in total. The van der Waals surface area contributed by atoms with Crippen LogP contribution >= 0.6 is 24.0 Å². The largest absolute Gasteiger partial charge is 0.256 e. The van der Waals surface area contributed by atoms with Crippen LogP contribution in [0.2, 0.25) is 0 Å². The molecule has 2 rings (SSSR count). The Labute approximate surface area is 112 Å². The molecule has 92 valence electrons. The molecule has 0 atom stereocenters. The van der Waals surface area contributed by atoms with Crippen LogP contribution in [0.5, 0.6) is 0 Å². The molecule has 1 aliphatic rings. The zero-order valence-corrected chi connectivity index (χ0v) is 11.3. The Morgan fingerprint density at radius 2 is 2.06 bits per heavy atom. The summed E-state index contributed by atoms with van der Waals surface area (Å²) < 4.78 is 13.4. The van der Waals surface area contributed by atoms with E-state index in [1.54, 1.807) is 19.1 Å². The van der Waals surface area contributed by atoms with Crippen LogP contribution in [0.3, 0.4) is 0 Å². The van der Waals surface area contributed by atoms with Crippen molar-refractivity contribution in [2.45, 2.75) is 20.3 Å². The molecule has 0 aromatic heterocycles. The molecule has 1 heterocycles. The van der Waals surface area contributed by atoms with Crippen molar-refractivity contribution in [1.29, 1.82) is 0 Å². The highest BCUT2D eigenvalue weighted by molar-refractivity contribution is 6.20. The molecule has 0 aliphatic carbocycles. The molecule has 1 aromatic rings. The van der Waals surface area contributed by atoms with E-state index in [-0.39, 0.29) is 18.2 Å². The van der Waals surface area contributed by atoms with E-state index in [1.807, 2.05) is 13.0 Å². The van der Waals surface area contributed by atoms with Gasteiger partial charge in [0.1, 0.15) is 5.82 Å². The smallest absolute Gasteiger partial charge is 0.126 e. The van der Waals surface area contributed by atoms with Gasteiger partial charge in [0.25, 0.3) is 0 Å². The number of nitrogens with zero attached hydrogens (tertiary/aromatic N) is 1. The van der Waals surface area contributed by atoms with Gasteiger partial charge in [-0.2, -0.15) is 0 Å². The summed E-state index contributed by atoms with van der Waals surface area (Å²) in [6, 6.07) is 5.22. The van der Waals surface area contributed by atoms with E-state index in [9.17, 15) is 4.39 Å². The van der Waals surface area contributed by atoms with Crippen LogP contribution in [0, 0.1) is 12.7 Å². The lowest BCUT2D eigenvalue weighted by Crippen LogP contribution is -1.99. The zero-order valence-electron chi connectivity index (χ0n) is 9.76. The number of halogens is 3. The van der Waals surface area contributed by atoms with Gasteiger partial charge < -0.3 is 0 Å². The average Bonchev–Trinajstić information content (AvgIpc) is 2.64. The van der Waals surface area contributed by atoms with Crippen LogP contribution in [0.25, 0.3) is 0 Å². The maximum atomic E-state index is 13.4. The van der Waals surface area contributed by atoms with Crippen LogP contribution in [0.4, 0.5) is 4.39 Å². The molecule has 0 bridgehead atoms. The molecular formula is C13H14Cl2FN. The molecule has 0 fully saturated rings. The first-order chi connectivity index (χ1) is 7.61. The van der Waals surface area contributed by atoms with Gasteiger partial charge in [-0.25, -0.2) is 4.39 Å². The van der Waals surface area contributed by atoms with E-state index >= 15 is 0 Å². The first-order valence-electron chi connectivity index (χ1n) is 5.20. The highest BCUT2D eigenvalue weighted by atomic mass is 35.5. The first-order valence-corrected chi connectivity index (χ1v) is 5.74. The lowest BCUT2D eigenvalue weighted by Gasteiger charge is -2.03. The zero-order chi connectivity index (χ0) is 11.7. The monoisotopic (exact) mass is 273 g/mol. The van der Waals surface area contributed by atoms with Gasteiger partial charge in [0, 0.05) is 6.42 Å². The van der Waals surface area contributed by atoms with Crippen molar-refractivity contribution in [2.75, 3.05) is 5.88 Å². The second-order valence-corrected chi connectivity index (χ2v) is 4.33. The summed E-state index contributed by atoms with van der Waals surface area (Å²) in [5, 5.41) is 0. The summed E-state index contributed by atoms with van der Waals surface area (Å²) in [5.41, 5.74) is 4.50. The van der Waals surface area contributed by atoms with Crippen molar-refractivity contribution in [1.82, 2.24) is 0 Å². The summed E-state index contributed by atoms with van der Waals surface area (Å²) in [4.78, 5) is 4.43. The Kier molecular flexibility index (Phi) is 4.72. The molecule has 0 saturated carbocycles. The quantitative estimate of drug-likeness (QED) is 0.714. The molecule has 0 unspecified atom stereocenters. The minimum Gasteiger partial charge on any atom is -0.256 e. The maximum Gasteiger partial charge on any atom is 0.126 e. The molecule has 1 aromatic carbocycles. The molecule has 17 heavy (non-hydrogen) atoms. The molecular weight excluding hydrogens is 260 g/mol. The van der Waals surface area contributed by atoms with Crippen LogP contribution in [0.15, 0.2) is 34.5 Å². The fourth-order valence-corrected chi connectivity index (χ4v) is 2.02. The van der Waals surface area contributed by atoms with Crippen LogP contribution in [-0.2, 0) is 0 Å². The third kappa shape index (κ3) is 2.88. The van der Waals surface area contributed by atoms with Gasteiger partial charge in [-0.05, 0) is 36.6 Å². The first kappa shape index (κ1) is 14.2. The van der Waals surface area contributed by atoms with Crippen LogP contribution in [0.1, 0.15) is 24.5 Å². The van der Waals surface area contributed by atoms with Gasteiger partial charge >= 0.3 is 0 Å². The molecule has 0 amide bonds. The van der Waals surface area contributed by atoms with Crippen molar-refractivity contribution in [2.24, 2.45) is 4.99 Å². The van der Waals surface area contributed by atoms with Crippen molar-refractivity contribution >= 4 is 29.7 Å². The lowest BCUT2D eigenvalue weighted by molar-refractivity contribution is 0.618. The topological polar surface area (TPSA) is 12.4 Å². The number of allylic oxidation sites excluding steroid dienone is 2. The molecule has 0 spiro atoms. The SMILES string of the molecule is CC1=C(CCl)N=C(c2ccc(C)c(F)c2)C1.Cl. The van der Waals surface area contributed by atoms with E-state index in [2.05, 4.69) is 4.99 Å². The summed E-state index contributed by atoms with van der Waals surface area (Å²) in [5.74, 6) is 0.237. The summed E-state index contributed by atoms with van der Waals surface area (Å²) in [6.07, 6.45) is 0.768. The normalized spacial score (nSPS) is 14.7. The molecule has 4 heteroatoms. The van der Waals surface area contributed by atoms with E-state index in [1.165, 1.54) is 5.57 Å². The Hall–Kier alpha value is -0.860. The van der Waals surface area contributed by atoms with E-state index in [0.717, 1.165) is 23.4 Å². The molecule has 0 saturated heterocycles. The molecule has 1 aliphatic heterocycles. The fraction of sp³-hybridized carbons (Fsp3) is 0.308. The Morgan fingerprint density at radius 1 is 1.35 bits per heavy atom. The highest BCUT2D eigenvalue weighted by Crippen LogP contribution is 2.24. The van der Waals surface area contributed by atoms with E-state index in [4.69, 9.17) is 11.6 Å². The number of rotatable bonds is 2. The van der Waals surface area contributed by atoms with Gasteiger partial charge in [0.15, 0.2) is 0 Å². The molecule has 0 radical (unpaired) electrons. The number of alkyl halides is 1. The number of hydrogen-bond acceptors (Lipinski definition) is 1. The summed E-state index contributed by atoms with van der Waals surface area (Å²) >= 11 is 5.77. The average molecular weight is 274 g/mol. The van der Waals surface area contributed by atoms with E-state index in [0.29, 0.717) is 11.4 Å². The van der Waals surface area contributed by atoms with Gasteiger partial charge in [-0.15, -0.1) is 24.0 Å². The fourth-order valence-electron chi connectivity index (χ4n) is 1.73. The Bertz CT molecular complexity index is 492. The third-order valence-electron chi connectivity index (χ3n) is 2.83. The number of benzene rings is 1. The predicted molar refractivity (Wildman–Crippen MR) is 73.0 cm³/mol. The Morgan fingerprint density at radius 3 is 2.59 bits per heavy atom. The van der Waals surface area contributed by atoms with Gasteiger partial charge in [0.2, 0.25) is 0 Å².